The van der Waals surface area contributed by atoms with Crippen LogP contribution in [0.5, 0.6) is 17.2 Å². The summed E-state index contributed by atoms with van der Waals surface area (Å²) in [6, 6.07) is 5.53. The van der Waals surface area contributed by atoms with Gasteiger partial charge in [0, 0.05) is 6.07 Å². The van der Waals surface area contributed by atoms with Crippen molar-refractivity contribution in [1.82, 2.24) is 0 Å². The number of benzene rings is 1. The van der Waals surface area contributed by atoms with E-state index in [1.54, 1.807) is 6.92 Å². The van der Waals surface area contributed by atoms with E-state index in [2.05, 4.69) is 11.8 Å². The van der Waals surface area contributed by atoms with Crippen LogP contribution >= 0.6 is 0 Å². The van der Waals surface area contributed by atoms with Gasteiger partial charge in [-0.25, -0.2) is 0 Å². The first-order valence-electron chi connectivity index (χ1n) is 5.73. The van der Waals surface area contributed by atoms with E-state index >= 15 is 0 Å². The molecule has 0 fully saturated rings. The molecule has 1 aromatic carbocycles. The van der Waals surface area contributed by atoms with Gasteiger partial charge in [-0.05, 0) is 32.9 Å². The van der Waals surface area contributed by atoms with Gasteiger partial charge in [0.1, 0.15) is 12.4 Å². The predicted molar refractivity (Wildman–Crippen MR) is 67.7 cm³/mol. The maximum Gasteiger partial charge on any atom is 0.164 e. The van der Waals surface area contributed by atoms with E-state index in [0.717, 1.165) is 11.5 Å². The summed E-state index contributed by atoms with van der Waals surface area (Å²) in [6.07, 6.45) is 0. The summed E-state index contributed by atoms with van der Waals surface area (Å²) < 4.78 is 16.4. The van der Waals surface area contributed by atoms with Gasteiger partial charge in [-0.1, -0.05) is 5.92 Å². The second kappa shape index (κ2) is 7.45. The molecule has 0 radical (unpaired) electrons. The molecule has 0 aliphatic carbocycles. The maximum absolute atomic E-state index is 5.50. The lowest BCUT2D eigenvalue weighted by atomic mass is 10.3. The summed E-state index contributed by atoms with van der Waals surface area (Å²) in [4.78, 5) is 0. The fourth-order valence-electron chi connectivity index (χ4n) is 1.31. The highest BCUT2D eigenvalue weighted by molar-refractivity contribution is 5.45. The van der Waals surface area contributed by atoms with Gasteiger partial charge in [0.2, 0.25) is 0 Å². The van der Waals surface area contributed by atoms with Crippen LogP contribution in [0.1, 0.15) is 20.8 Å². The highest BCUT2D eigenvalue weighted by Crippen LogP contribution is 2.31. The Bertz CT molecular complexity index is 402. The Morgan fingerprint density at radius 1 is 1.00 bits per heavy atom. The minimum absolute atomic E-state index is 0.385. The molecule has 17 heavy (non-hydrogen) atoms. The molecule has 0 bridgehead atoms. The minimum Gasteiger partial charge on any atom is -0.490 e. The standard InChI is InChI=1S/C14H18O3/c1-4-7-10-17-12-8-9-13(15-5-2)14(11-12)16-6-3/h8-9,11H,5-6,10H2,1-3H3. The van der Waals surface area contributed by atoms with Crippen molar-refractivity contribution in [2.24, 2.45) is 0 Å². The van der Waals surface area contributed by atoms with E-state index in [1.165, 1.54) is 0 Å². The van der Waals surface area contributed by atoms with Gasteiger partial charge in [-0.3, -0.25) is 0 Å². The number of hydrogen-bond donors (Lipinski definition) is 0. The van der Waals surface area contributed by atoms with Crippen LogP contribution < -0.4 is 14.2 Å². The van der Waals surface area contributed by atoms with Crippen molar-refractivity contribution in [3.05, 3.63) is 18.2 Å². The lowest BCUT2D eigenvalue weighted by molar-refractivity contribution is 0.284. The lowest BCUT2D eigenvalue weighted by Crippen LogP contribution is -2.00. The van der Waals surface area contributed by atoms with E-state index in [0.29, 0.717) is 25.6 Å². The van der Waals surface area contributed by atoms with Crippen LogP contribution in [0.25, 0.3) is 0 Å². The molecule has 1 rings (SSSR count). The van der Waals surface area contributed by atoms with E-state index < -0.39 is 0 Å². The minimum atomic E-state index is 0.385. The molecule has 0 spiro atoms. The summed E-state index contributed by atoms with van der Waals surface area (Å²) in [6.45, 7) is 7.26. The van der Waals surface area contributed by atoms with Crippen molar-refractivity contribution < 1.29 is 14.2 Å². The molecule has 0 N–H and O–H groups in total. The van der Waals surface area contributed by atoms with Gasteiger partial charge in [0.05, 0.1) is 13.2 Å². The largest absolute Gasteiger partial charge is 0.490 e. The quantitative estimate of drug-likeness (QED) is 0.708. The van der Waals surface area contributed by atoms with Crippen LogP contribution in [-0.2, 0) is 0 Å². The highest BCUT2D eigenvalue weighted by Gasteiger charge is 2.06. The van der Waals surface area contributed by atoms with Gasteiger partial charge in [-0.15, -0.1) is 5.92 Å². The molecular weight excluding hydrogens is 216 g/mol. The second-order valence-electron chi connectivity index (χ2n) is 3.19. The molecule has 0 saturated carbocycles. The van der Waals surface area contributed by atoms with Gasteiger partial charge < -0.3 is 14.2 Å². The normalized spacial score (nSPS) is 9.12. The van der Waals surface area contributed by atoms with Crippen LogP contribution in [0.3, 0.4) is 0 Å². The Morgan fingerprint density at radius 3 is 2.35 bits per heavy atom. The molecule has 0 amide bonds. The molecule has 92 valence electrons. The van der Waals surface area contributed by atoms with E-state index in [-0.39, 0.29) is 0 Å². The van der Waals surface area contributed by atoms with Crippen LogP contribution in [0.15, 0.2) is 18.2 Å². The molecular formula is C14H18O3. The molecule has 3 heteroatoms. The lowest BCUT2D eigenvalue weighted by Gasteiger charge is -2.12. The van der Waals surface area contributed by atoms with Crippen molar-refractivity contribution in [1.29, 1.82) is 0 Å². The van der Waals surface area contributed by atoms with Crippen molar-refractivity contribution in [2.75, 3.05) is 19.8 Å². The fourth-order valence-corrected chi connectivity index (χ4v) is 1.31. The average molecular weight is 234 g/mol. The molecule has 0 atom stereocenters. The molecule has 0 saturated heterocycles. The van der Waals surface area contributed by atoms with Gasteiger partial charge >= 0.3 is 0 Å². The molecule has 0 unspecified atom stereocenters. The monoisotopic (exact) mass is 234 g/mol. The third kappa shape index (κ3) is 4.28. The van der Waals surface area contributed by atoms with Crippen molar-refractivity contribution >= 4 is 0 Å². The van der Waals surface area contributed by atoms with Crippen molar-refractivity contribution in [3.63, 3.8) is 0 Å². The Labute approximate surface area is 103 Å². The summed E-state index contributed by atoms with van der Waals surface area (Å²) in [5, 5.41) is 0. The Morgan fingerprint density at radius 2 is 1.71 bits per heavy atom. The number of ether oxygens (including phenoxy) is 3. The van der Waals surface area contributed by atoms with Crippen LogP contribution in [0.2, 0.25) is 0 Å². The van der Waals surface area contributed by atoms with Gasteiger partial charge in [0.15, 0.2) is 11.5 Å². The maximum atomic E-state index is 5.50. The summed E-state index contributed by atoms with van der Waals surface area (Å²) in [7, 11) is 0. The molecule has 1 aromatic rings. The topological polar surface area (TPSA) is 27.7 Å². The molecule has 0 aromatic heterocycles. The first-order valence-corrected chi connectivity index (χ1v) is 5.73. The van der Waals surface area contributed by atoms with Gasteiger partial charge in [0.25, 0.3) is 0 Å². The fraction of sp³-hybridized carbons (Fsp3) is 0.429. The van der Waals surface area contributed by atoms with Crippen molar-refractivity contribution in [3.8, 4) is 29.1 Å². The Kier molecular flexibility index (Phi) is 5.81. The van der Waals surface area contributed by atoms with E-state index in [9.17, 15) is 0 Å². The third-order valence-electron chi connectivity index (χ3n) is 2.00. The molecule has 3 nitrogen and oxygen atoms in total. The third-order valence-corrected chi connectivity index (χ3v) is 2.00. The van der Waals surface area contributed by atoms with E-state index in [4.69, 9.17) is 14.2 Å². The Balaban J connectivity index is 2.79. The first-order chi connectivity index (χ1) is 8.31. The zero-order valence-corrected chi connectivity index (χ0v) is 10.6. The summed E-state index contributed by atoms with van der Waals surface area (Å²) >= 11 is 0. The zero-order valence-electron chi connectivity index (χ0n) is 10.6. The van der Waals surface area contributed by atoms with E-state index in [1.807, 2.05) is 32.0 Å². The smallest absolute Gasteiger partial charge is 0.164 e. The zero-order chi connectivity index (χ0) is 12.5. The van der Waals surface area contributed by atoms with Crippen LogP contribution in [0.4, 0.5) is 0 Å². The average Bonchev–Trinajstić information content (AvgIpc) is 2.33. The van der Waals surface area contributed by atoms with Crippen LogP contribution in [0, 0.1) is 11.8 Å². The SMILES string of the molecule is CC#CCOc1ccc(OCC)c(OCC)c1. The molecule has 0 aliphatic heterocycles. The summed E-state index contributed by atoms with van der Waals surface area (Å²) in [5.41, 5.74) is 0. The first kappa shape index (κ1) is 13.2. The highest BCUT2D eigenvalue weighted by atomic mass is 16.5. The summed E-state index contributed by atoms with van der Waals surface area (Å²) in [5.74, 6) is 7.80. The Hall–Kier alpha value is -1.82. The second-order valence-corrected chi connectivity index (χ2v) is 3.19. The predicted octanol–water partition coefficient (Wildman–Crippen LogP) is 2.89. The molecule has 0 aliphatic rings. The molecule has 0 heterocycles. The van der Waals surface area contributed by atoms with Gasteiger partial charge in [-0.2, -0.15) is 0 Å². The van der Waals surface area contributed by atoms with Crippen molar-refractivity contribution in [2.45, 2.75) is 20.8 Å². The number of rotatable bonds is 6. The van der Waals surface area contributed by atoms with Crippen LogP contribution in [-0.4, -0.2) is 19.8 Å². The number of hydrogen-bond acceptors (Lipinski definition) is 3.